The van der Waals surface area contributed by atoms with E-state index in [1.165, 1.54) is 9.81 Å². The van der Waals surface area contributed by atoms with E-state index >= 15 is 0 Å². The molecule has 10 heteroatoms. The van der Waals surface area contributed by atoms with Crippen molar-refractivity contribution >= 4 is 29.1 Å². The monoisotopic (exact) mass is 497 g/mol. The van der Waals surface area contributed by atoms with Crippen molar-refractivity contribution in [1.82, 2.24) is 10.2 Å². The lowest BCUT2D eigenvalue weighted by atomic mass is 9.98. The summed E-state index contributed by atoms with van der Waals surface area (Å²) in [6, 6.07) is 4.87. The Balaban J connectivity index is 0.00000121. The number of anilines is 1. The van der Waals surface area contributed by atoms with E-state index in [1.807, 2.05) is 13.8 Å². The van der Waals surface area contributed by atoms with Crippen LogP contribution in [-0.2, 0) is 4.79 Å². The first-order valence-electron chi connectivity index (χ1n) is 10.3. The van der Waals surface area contributed by atoms with Crippen LogP contribution in [0, 0.1) is 12.8 Å². The number of rotatable bonds is 6. The number of nitrogens with zero attached hydrogens (tertiary/aromatic N) is 1. The van der Waals surface area contributed by atoms with Crippen molar-refractivity contribution in [2.24, 2.45) is 0 Å². The van der Waals surface area contributed by atoms with Crippen molar-refractivity contribution in [3.8, 4) is 18.6 Å². The Morgan fingerprint density at radius 2 is 1.85 bits per heavy atom. The summed E-state index contributed by atoms with van der Waals surface area (Å²) in [6.07, 6.45) is 13.5. The maximum Gasteiger partial charge on any atom is 0.379 e. The van der Waals surface area contributed by atoms with Crippen molar-refractivity contribution < 1.29 is 27.9 Å². The zero-order chi connectivity index (χ0) is 26.3. The van der Waals surface area contributed by atoms with Gasteiger partial charge in [-0.05, 0) is 24.0 Å². The molecule has 0 saturated heterocycles. The van der Waals surface area contributed by atoms with Crippen LogP contribution in [0.5, 0.6) is 5.75 Å². The Morgan fingerprint density at radius 3 is 2.35 bits per heavy atom. The fourth-order valence-electron chi connectivity index (χ4n) is 2.63. The molecule has 1 aliphatic carbocycles. The van der Waals surface area contributed by atoms with Crippen LogP contribution in [-0.4, -0.2) is 49.0 Å². The number of thioether (sulfide) groups is 1. The first kappa shape index (κ1) is 30.7. The molecule has 2 aliphatic rings. The van der Waals surface area contributed by atoms with Gasteiger partial charge >= 0.3 is 6.68 Å². The third-order valence-electron chi connectivity index (χ3n) is 4.12. The number of Topliss-reactive ketones (excluding diaryl/α,β-unsaturated/α-hetero) is 1. The van der Waals surface area contributed by atoms with Crippen molar-refractivity contribution in [3.05, 3.63) is 57.6 Å². The Hall–Kier alpha value is -3.32. The normalized spacial score (nSPS) is 13.6. The van der Waals surface area contributed by atoms with Gasteiger partial charge in [0.25, 0.3) is 5.91 Å². The molecule has 0 aromatic heterocycles. The predicted molar refractivity (Wildman–Crippen MR) is 132 cm³/mol. The van der Waals surface area contributed by atoms with E-state index in [1.54, 1.807) is 44.1 Å². The lowest BCUT2D eigenvalue weighted by molar-refractivity contribution is -0.116. The number of amides is 1. The van der Waals surface area contributed by atoms with Crippen LogP contribution in [0.1, 0.15) is 37.0 Å². The molecule has 1 amide bonds. The zero-order valence-corrected chi connectivity index (χ0v) is 20.4. The number of hydrogen-bond donors (Lipinski definition) is 3. The molecule has 0 spiro atoms. The average molecular weight is 498 g/mol. The number of alkyl halides is 3. The largest absolute Gasteiger partial charge is 0.505 e. The number of nitrogens with one attached hydrogen (secondary N) is 2. The van der Waals surface area contributed by atoms with Gasteiger partial charge in [-0.15, -0.1) is 24.6 Å². The Bertz CT molecular complexity index is 939. The second kappa shape index (κ2) is 16.3. The van der Waals surface area contributed by atoms with Gasteiger partial charge in [-0.3, -0.25) is 9.59 Å². The molecule has 186 valence electrons. The number of halogens is 3. The topological polar surface area (TPSA) is 81.7 Å². The highest BCUT2D eigenvalue weighted by atomic mass is 32.2. The molecule has 3 N–H and O–H groups in total. The van der Waals surface area contributed by atoms with Gasteiger partial charge in [0.1, 0.15) is 5.70 Å². The molecule has 1 aromatic rings. The summed E-state index contributed by atoms with van der Waals surface area (Å²) < 4.78 is 29.0. The number of terminal acetylenes is 1. The highest BCUT2D eigenvalue weighted by Crippen LogP contribution is 2.32. The van der Waals surface area contributed by atoms with Crippen LogP contribution in [0.25, 0.3) is 0 Å². The smallest absolute Gasteiger partial charge is 0.379 e. The lowest BCUT2D eigenvalue weighted by Gasteiger charge is -2.26. The van der Waals surface area contributed by atoms with Crippen LogP contribution >= 0.6 is 11.8 Å². The quantitative estimate of drug-likeness (QED) is 0.367. The number of ketones is 1. The standard InChI is InChI=1S/C19H21N3O3S.C2H6.C2H2.CHF3/c1-22(2)19(25)13-7-5-8-14(18(13)24)21-17-15(10-16(17)23)20-11-12-6-3-4-9-26-12;2*1-2;2-1(3)4/h4-9,20-21,24H,3,10-11H2,1-2H3;1-2H3;1-2H;1H. The van der Waals surface area contributed by atoms with Gasteiger partial charge in [-0.2, -0.15) is 13.2 Å². The zero-order valence-electron chi connectivity index (χ0n) is 19.6. The van der Waals surface area contributed by atoms with Gasteiger partial charge < -0.3 is 20.6 Å². The van der Waals surface area contributed by atoms with Gasteiger partial charge in [0.2, 0.25) is 0 Å². The SMILES string of the molecule is C#C.CC.CN(C)C(=O)c1cccc(NC2=C(NCC3=CCC=CS3)CC2=O)c1O.FC(F)F. The first-order valence-corrected chi connectivity index (χ1v) is 11.2. The molecule has 3 rings (SSSR count). The molecular weight excluding hydrogens is 467 g/mol. The molecule has 0 radical (unpaired) electrons. The molecule has 0 unspecified atom stereocenters. The number of hydrogen-bond acceptors (Lipinski definition) is 6. The van der Waals surface area contributed by atoms with Crippen LogP contribution in [0.15, 0.2) is 52.1 Å². The van der Waals surface area contributed by atoms with E-state index in [-0.39, 0.29) is 23.0 Å². The third-order valence-corrected chi connectivity index (χ3v) is 5.07. The summed E-state index contributed by atoms with van der Waals surface area (Å²) in [6.45, 7) is 0.994. The Morgan fingerprint density at radius 1 is 1.24 bits per heavy atom. The van der Waals surface area contributed by atoms with Gasteiger partial charge in [0.15, 0.2) is 11.5 Å². The highest BCUT2D eigenvalue weighted by Gasteiger charge is 2.28. The molecule has 1 heterocycles. The number of carbonyl (C=O) groups excluding carboxylic acids is 2. The van der Waals surface area contributed by atoms with Gasteiger partial charge in [-0.1, -0.05) is 32.1 Å². The predicted octanol–water partition coefficient (Wildman–Crippen LogP) is 5.27. The molecule has 34 heavy (non-hydrogen) atoms. The molecule has 0 fully saturated rings. The van der Waals surface area contributed by atoms with E-state index in [2.05, 4.69) is 41.0 Å². The summed E-state index contributed by atoms with van der Waals surface area (Å²) >= 11 is 1.66. The van der Waals surface area contributed by atoms with Gasteiger partial charge in [0.05, 0.1) is 17.7 Å². The van der Waals surface area contributed by atoms with Gasteiger partial charge in [-0.25, -0.2) is 0 Å². The maximum atomic E-state index is 12.1. The van der Waals surface area contributed by atoms with Gasteiger partial charge in [0, 0.05) is 31.2 Å². The summed E-state index contributed by atoms with van der Waals surface area (Å²) in [5, 5.41) is 18.7. The summed E-state index contributed by atoms with van der Waals surface area (Å²) in [5.41, 5.74) is 1.79. The molecule has 1 aliphatic heterocycles. The Labute approximate surface area is 203 Å². The number of carbonyl (C=O) groups is 2. The molecule has 6 nitrogen and oxygen atoms in total. The number of phenolic OH excluding ortho intramolecular Hbond substituents is 1. The second-order valence-electron chi connectivity index (χ2n) is 6.48. The fourth-order valence-corrected chi connectivity index (χ4v) is 3.36. The molecule has 1 aromatic carbocycles. The molecule has 0 saturated carbocycles. The van der Waals surface area contributed by atoms with Crippen molar-refractivity contribution in [3.63, 3.8) is 0 Å². The summed E-state index contributed by atoms with van der Waals surface area (Å²) in [5.74, 6) is -0.484. The van der Waals surface area contributed by atoms with Crippen LogP contribution in [0.3, 0.4) is 0 Å². The number of para-hydroxylation sites is 1. The summed E-state index contributed by atoms with van der Waals surface area (Å²) in [7, 11) is 3.24. The summed E-state index contributed by atoms with van der Waals surface area (Å²) in [4.78, 5) is 26.7. The van der Waals surface area contributed by atoms with Crippen LogP contribution in [0.4, 0.5) is 18.9 Å². The van der Waals surface area contributed by atoms with E-state index in [4.69, 9.17) is 0 Å². The van der Waals surface area contributed by atoms with Crippen LogP contribution < -0.4 is 10.6 Å². The molecular formula is C24H30F3N3O3S. The fraction of sp³-hybridized carbons (Fsp3) is 0.333. The first-order chi connectivity index (χ1) is 16.2. The second-order valence-corrected chi connectivity index (χ2v) is 7.51. The number of phenols is 1. The van der Waals surface area contributed by atoms with E-state index in [9.17, 15) is 27.9 Å². The highest BCUT2D eigenvalue weighted by molar-refractivity contribution is 8.05. The minimum Gasteiger partial charge on any atom is -0.505 e. The number of aromatic hydroxyl groups is 1. The average Bonchev–Trinajstić information content (AvgIpc) is 2.83. The number of benzene rings is 1. The minimum atomic E-state index is -3.67. The van der Waals surface area contributed by atoms with Crippen molar-refractivity contribution in [1.29, 1.82) is 0 Å². The van der Waals surface area contributed by atoms with E-state index in [0.29, 0.717) is 24.4 Å². The van der Waals surface area contributed by atoms with E-state index < -0.39 is 6.68 Å². The third kappa shape index (κ3) is 9.67. The molecule has 0 bridgehead atoms. The minimum absolute atomic E-state index is 0.0265. The molecule has 0 atom stereocenters. The van der Waals surface area contributed by atoms with Crippen molar-refractivity contribution in [2.75, 3.05) is 26.0 Å². The number of allylic oxidation sites excluding steroid dienone is 4. The Kier molecular flexibility index (Phi) is 14.7. The van der Waals surface area contributed by atoms with Crippen molar-refractivity contribution in [2.45, 2.75) is 33.4 Å². The lowest BCUT2D eigenvalue weighted by Crippen LogP contribution is -2.33. The van der Waals surface area contributed by atoms with E-state index in [0.717, 1.165) is 12.1 Å². The maximum absolute atomic E-state index is 12.1. The van der Waals surface area contributed by atoms with Crippen LogP contribution in [0.2, 0.25) is 0 Å².